The Morgan fingerprint density at radius 2 is 1.96 bits per heavy atom. The number of aryl methyl sites for hydroxylation is 2. The second-order valence-corrected chi connectivity index (χ2v) is 6.83. The number of rotatable bonds is 9. The lowest BCUT2D eigenvalue weighted by Crippen LogP contribution is -2.45. The van der Waals surface area contributed by atoms with Crippen LogP contribution in [0.3, 0.4) is 0 Å². The van der Waals surface area contributed by atoms with Crippen LogP contribution in [0, 0.1) is 19.8 Å². The van der Waals surface area contributed by atoms with Crippen LogP contribution in [0.1, 0.15) is 39.1 Å². The maximum absolute atomic E-state index is 12.3. The molecule has 1 amide bonds. The van der Waals surface area contributed by atoms with Crippen molar-refractivity contribution in [3.63, 3.8) is 0 Å². The predicted octanol–water partition coefficient (Wildman–Crippen LogP) is 1.90. The fraction of sp³-hybridized carbons (Fsp3) is 0.737. The zero-order valence-electron chi connectivity index (χ0n) is 17.5. The largest absolute Gasteiger partial charge is 0.357 e. The number of amides is 1. The summed E-state index contributed by atoms with van der Waals surface area (Å²) in [5, 5.41) is 7.80. The van der Waals surface area contributed by atoms with Gasteiger partial charge in [0.25, 0.3) is 0 Å². The molecule has 1 unspecified atom stereocenters. The van der Waals surface area contributed by atoms with Gasteiger partial charge in [-0.25, -0.2) is 0 Å². The Kier molecular flexibility index (Phi) is 9.16. The Morgan fingerprint density at radius 3 is 2.46 bits per heavy atom. The Labute approximate surface area is 158 Å². The molecule has 1 atom stereocenters. The summed E-state index contributed by atoms with van der Waals surface area (Å²) >= 11 is 0. The summed E-state index contributed by atoms with van der Waals surface area (Å²) in [7, 11) is 1.91. The summed E-state index contributed by atoms with van der Waals surface area (Å²) < 4.78 is 2.04. The maximum Gasteiger partial charge on any atom is 0.242 e. The topological polar surface area (TPSA) is 65.8 Å². The molecule has 26 heavy (non-hydrogen) atoms. The molecule has 7 heteroatoms. The van der Waals surface area contributed by atoms with E-state index in [1.807, 2.05) is 49.2 Å². The number of likely N-dealkylation sites (N-methyl/N-ethyl adjacent to an activating group) is 2. The van der Waals surface area contributed by atoms with Crippen LogP contribution in [0.25, 0.3) is 0 Å². The smallest absolute Gasteiger partial charge is 0.242 e. The van der Waals surface area contributed by atoms with Crippen LogP contribution in [0.5, 0.6) is 0 Å². The number of carbonyl (C=O) groups is 1. The van der Waals surface area contributed by atoms with Crippen molar-refractivity contribution in [1.29, 1.82) is 0 Å². The van der Waals surface area contributed by atoms with Crippen LogP contribution in [0.15, 0.2) is 11.1 Å². The molecule has 1 aromatic rings. The number of aliphatic imine (C=N–C) groups is 1. The van der Waals surface area contributed by atoms with Gasteiger partial charge in [-0.05, 0) is 46.6 Å². The molecule has 0 fully saturated rings. The van der Waals surface area contributed by atoms with Crippen molar-refractivity contribution in [2.75, 3.05) is 39.8 Å². The zero-order valence-corrected chi connectivity index (χ0v) is 17.5. The van der Waals surface area contributed by atoms with Crippen molar-refractivity contribution in [2.45, 2.75) is 48.1 Å². The van der Waals surface area contributed by atoms with Crippen LogP contribution in [-0.4, -0.2) is 71.2 Å². The summed E-state index contributed by atoms with van der Waals surface area (Å²) in [5.74, 6) is 1.25. The molecule has 1 heterocycles. The monoisotopic (exact) mass is 364 g/mol. The molecule has 1 rings (SSSR count). The fourth-order valence-corrected chi connectivity index (χ4v) is 2.88. The molecule has 0 bridgehead atoms. The predicted molar refractivity (Wildman–Crippen MR) is 107 cm³/mol. The van der Waals surface area contributed by atoms with Crippen molar-refractivity contribution < 1.29 is 4.79 Å². The number of guanidine groups is 1. The molecule has 0 aliphatic rings. The minimum atomic E-state index is 0.124. The molecule has 0 saturated heterocycles. The second kappa shape index (κ2) is 10.8. The standard InChI is InChI=1S/C19H36N6O/c1-8-20-19(23(7)14-18(26)24(9-2)10-3)21-12-15(4)13-25-17(6)11-16(5)22-25/h11,15H,8-10,12-14H2,1-7H3,(H,20,21). The Balaban J connectivity index is 2.69. The van der Waals surface area contributed by atoms with E-state index in [4.69, 9.17) is 4.99 Å². The average Bonchev–Trinajstić information content (AvgIpc) is 2.89. The van der Waals surface area contributed by atoms with Gasteiger partial charge in [-0.1, -0.05) is 6.92 Å². The van der Waals surface area contributed by atoms with Gasteiger partial charge < -0.3 is 15.1 Å². The van der Waals surface area contributed by atoms with Crippen molar-refractivity contribution >= 4 is 11.9 Å². The Bertz CT molecular complexity index is 591. The van der Waals surface area contributed by atoms with Gasteiger partial charge in [-0.3, -0.25) is 14.5 Å². The number of hydrogen-bond donors (Lipinski definition) is 1. The van der Waals surface area contributed by atoms with E-state index in [0.29, 0.717) is 19.0 Å². The molecule has 148 valence electrons. The van der Waals surface area contributed by atoms with Crippen LogP contribution < -0.4 is 5.32 Å². The zero-order chi connectivity index (χ0) is 19.7. The normalized spacial score (nSPS) is 12.8. The molecule has 0 spiro atoms. The fourth-order valence-electron chi connectivity index (χ4n) is 2.88. The third-order valence-corrected chi connectivity index (χ3v) is 4.33. The van der Waals surface area contributed by atoms with Crippen LogP contribution >= 0.6 is 0 Å². The molecule has 0 aliphatic carbocycles. The van der Waals surface area contributed by atoms with E-state index >= 15 is 0 Å². The number of nitrogens with one attached hydrogen (secondary N) is 1. The van der Waals surface area contributed by atoms with Crippen molar-refractivity contribution in [3.05, 3.63) is 17.5 Å². The van der Waals surface area contributed by atoms with Crippen molar-refractivity contribution in [1.82, 2.24) is 24.9 Å². The Hall–Kier alpha value is -2.05. The van der Waals surface area contributed by atoms with Gasteiger partial charge in [-0.15, -0.1) is 0 Å². The first-order chi connectivity index (χ1) is 12.3. The first-order valence-corrected chi connectivity index (χ1v) is 9.60. The van der Waals surface area contributed by atoms with Gasteiger partial charge in [0, 0.05) is 45.5 Å². The molecule has 0 saturated carbocycles. The second-order valence-electron chi connectivity index (χ2n) is 6.83. The lowest BCUT2D eigenvalue weighted by Gasteiger charge is -2.26. The summed E-state index contributed by atoms with van der Waals surface area (Å²) in [6.07, 6.45) is 0. The van der Waals surface area contributed by atoms with E-state index in [1.165, 1.54) is 5.69 Å². The highest BCUT2D eigenvalue weighted by Gasteiger charge is 2.15. The average molecular weight is 365 g/mol. The number of nitrogens with zero attached hydrogens (tertiary/aromatic N) is 5. The Morgan fingerprint density at radius 1 is 1.31 bits per heavy atom. The van der Waals surface area contributed by atoms with Crippen molar-refractivity contribution in [3.8, 4) is 0 Å². The summed E-state index contributed by atoms with van der Waals surface area (Å²) in [6.45, 7) is 16.4. The van der Waals surface area contributed by atoms with E-state index in [9.17, 15) is 4.79 Å². The lowest BCUT2D eigenvalue weighted by molar-refractivity contribution is -0.131. The third kappa shape index (κ3) is 6.69. The van der Waals surface area contributed by atoms with Crippen LogP contribution in [0.2, 0.25) is 0 Å². The summed E-state index contributed by atoms with van der Waals surface area (Å²) in [4.78, 5) is 20.8. The number of carbonyl (C=O) groups excluding carboxylic acids is 1. The van der Waals surface area contributed by atoms with Gasteiger partial charge in [-0.2, -0.15) is 5.10 Å². The summed E-state index contributed by atoms with van der Waals surface area (Å²) in [6, 6.07) is 2.09. The number of aromatic nitrogens is 2. The molecular weight excluding hydrogens is 328 g/mol. The van der Waals surface area contributed by atoms with Gasteiger partial charge in [0.05, 0.1) is 12.2 Å². The van der Waals surface area contributed by atoms with Gasteiger partial charge in [0.2, 0.25) is 5.91 Å². The molecule has 7 nitrogen and oxygen atoms in total. The third-order valence-electron chi connectivity index (χ3n) is 4.33. The molecule has 1 N–H and O–H groups in total. The van der Waals surface area contributed by atoms with E-state index in [1.54, 1.807) is 0 Å². The molecule has 0 radical (unpaired) electrons. The van der Waals surface area contributed by atoms with Gasteiger partial charge in [0.1, 0.15) is 0 Å². The highest BCUT2D eigenvalue weighted by atomic mass is 16.2. The van der Waals surface area contributed by atoms with E-state index < -0.39 is 0 Å². The van der Waals surface area contributed by atoms with E-state index in [0.717, 1.165) is 37.8 Å². The SMILES string of the molecule is CCNC(=NCC(C)Cn1nc(C)cc1C)N(C)CC(=O)N(CC)CC. The van der Waals surface area contributed by atoms with E-state index in [-0.39, 0.29) is 5.91 Å². The van der Waals surface area contributed by atoms with Gasteiger partial charge >= 0.3 is 0 Å². The summed E-state index contributed by atoms with van der Waals surface area (Å²) in [5.41, 5.74) is 2.22. The first-order valence-electron chi connectivity index (χ1n) is 9.60. The quantitative estimate of drug-likeness (QED) is 0.537. The van der Waals surface area contributed by atoms with Crippen molar-refractivity contribution in [2.24, 2.45) is 10.9 Å². The van der Waals surface area contributed by atoms with Crippen LogP contribution in [0.4, 0.5) is 0 Å². The van der Waals surface area contributed by atoms with E-state index in [2.05, 4.69) is 30.3 Å². The molecule has 1 aromatic heterocycles. The molecule has 0 aromatic carbocycles. The lowest BCUT2D eigenvalue weighted by atomic mass is 10.2. The first kappa shape index (κ1) is 22.0. The minimum Gasteiger partial charge on any atom is -0.357 e. The minimum absolute atomic E-state index is 0.124. The molecule has 0 aliphatic heterocycles. The highest BCUT2D eigenvalue weighted by Crippen LogP contribution is 2.07. The van der Waals surface area contributed by atoms with Crippen LogP contribution in [-0.2, 0) is 11.3 Å². The number of hydrogen-bond acceptors (Lipinski definition) is 3. The maximum atomic E-state index is 12.3. The highest BCUT2D eigenvalue weighted by molar-refractivity contribution is 5.86. The molecular formula is C19H36N6O. The van der Waals surface area contributed by atoms with Gasteiger partial charge in [0.15, 0.2) is 5.96 Å².